The maximum atomic E-state index is 11.5. The summed E-state index contributed by atoms with van der Waals surface area (Å²) in [5, 5.41) is 2.87. The van der Waals surface area contributed by atoms with E-state index < -0.39 is 0 Å². The second kappa shape index (κ2) is 4.87. The number of nitrogens with one attached hydrogen (secondary N) is 1. The fourth-order valence-electron chi connectivity index (χ4n) is 1.73. The first-order chi connectivity index (χ1) is 8.15. The Labute approximate surface area is 105 Å². The Kier molecular flexibility index (Phi) is 3.47. The van der Waals surface area contributed by atoms with E-state index in [-0.39, 0.29) is 16.5 Å². The molecule has 1 aromatic rings. The summed E-state index contributed by atoms with van der Waals surface area (Å²) in [5.74, 6) is 1.54. The molecule has 1 heterocycles. The lowest BCUT2D eigenvalue weighted by atomic mass is 10.2. The summed E-state index contributed by atoms with van der Waals surface area (Å²) in [7, 11) is 3.23. The Hall–Kier alpha value is -1.36. The highest BCUT2D eigenvalue weighted by atomic mass is 32.2. The van der Waals surface area contributed by atoms with Crippen LogP contribution in [0.4, 0.5) is 0 Å². The van der Waals surface area contributed by atoms with E-state index in [0.717, 1.165) is 17.1 Å². The van der Waals surface area contributed by atoms with Crippen LogP contribution in [0.5, 0.6) is 11.5 Å². The third-order valence-corrected chi connectivity index (χ3v) is 3.97. The molecule has 0 saturated carbocycles. The van der Waals surface area contributed by atoms with E-state index in [4.69, 9.17) is 9.47 Å². The lowest BCUT2D eigenvalue weighted by molar-refractivity contribution is -0.119. The monoisotopic (exact) mass is 253 g/mol. The van der Waals surface area contributed by atoms with Crippen molar-refractivity contribution in [3.63, 3.8) is 0 Å². The third-order valence-electron chi connectivity index (χ3n) is 2.71. The van der Waals surface area contributed by atoms with Crippen molar-refractivity contribution in [3.8, 4) is 11.5 Å². The summed E-state index contributed by atoms with van der Waals surface area (Å²) in [6, 6.07) is 5.62. The predicted molar refractivity (Wildman–Crippen MR) is 67.5 cm³/mol. The molecule has 0 bridgehead atoms. The van der Waals surface area contributed by atoms with Crippen molar-refractivity contribution >= 4 is 17.7 Å². The Morgan fingerprint density at radius 2 is 2.06 bits per heavy atom. The van der Waals surface area contributed by atoms with Crippen LogP contribution < -0.4 is 14.8 Å². The number of rotatable bonds is 3. The zero-order valence-corrected chi connectivity index (χ0v) is 10.8. The maximum absolute atomic E-state index is 11.5. The van der Waals surface area contributed by atoms with Crippen LogP contribution in [0.2, 0.25) is 0 Å². The maximum Gasteiger partial charge on any atom is 0.234 e. The average Bonchev–Trinajstić information content (AvgIpc) is 2.68. The van der Waals surface area contributed by atoms with E-state index in [1.165, 1.54) is 0 Å². The van der Waals surface area contributed by atoms with E-state index in [1.54, 1.807) is 26.0 Å². The molecule has 1 aliphatic rings. The zero-order chi connectivity index (χ0) is 12.4. The minimum absolute atomic E-state index is 0.0215. The van der Waals surface area contributed by atoms with E-state index >= 15 is 0 Å². The predicted octanol–water partition coefficient (Wildman–Crippen LogP) is 1.95. The third kappa shape index (κ3) is 2.34. The van der Waals surface area contributed by atoms with Gasteiger partial charge in [0.25, 0.3) is 0 Å². The molecule has 5 heteroatoms. The number of methoxy groups -OCH3 is 2. The summed E-state index contributed by atoms with van der Waals surface area (Å²) in [6.07, 6.45) is 0. The number of hydrogen-bond acceptors (Lipinski definition) is 4. The average molecular weight is 253 g/mol. The first kappa shape index (κ1) is 12.1. The Bertz CT molecular complexity index is 436. The smallest absolute Gasteiger partial charge is 0.234 e. The molecular weight excluding hydrogens is 238 g/mol. The number of carbonyl (C=O) groups is 1. The van der Waals surface area contributed by atoms with Gasteiger partial charge in [0, 0.05) is 11.6 Å². The standard InChI is InChI=1S/C12H15NO3S/c1-7-11(14)13-12(17-7)9-5-4-8(15-2)6-10(9)16-3/h4-7,12H,1-3H3,(H,13,14). The Balaban J connectivity index is 2.29. The number of hydrogen-bond donors (Lipinski definition) is 1. The van der Waals surface area contributed by atoms with Gasteiger partial charge in [-0.3, -0.25) is 4.79 Å². The summed E-state index contributed by atoms with van der Waals surface area (Å²) < 4.78 is 10.5. The van der Waals surface area contributed by atoms with Gasteiger partial charge in [0.2, 0.25) is 5.91 Å². The molecule has 1 aromatic carbocycles. The van der Waals surface area contributed by atoms with Gasteiger partial charge in [0.1, 0.15) is 16.9 Å². The second-order valence-corrected chi connectivity index (χ2v) is 5.23. The number of amides is 1. The molecule has 2 atom stereocenters. The van der Waals surface area contributed by atoms with Gasteiger partial charge in [0.05, 0.1) is 19.5 Å². The van der Waals surface area contributed by atoms with Crippen molar-refractivity contribution in [3.05, 3.63) is 23.8 Å². The molecule has 1 saturated heterocycles. The van der Waals surface area contributed by atoms with Crippen LogP contribution in [0.3, 0.4) is 0 Å². The van der Waals surface area contributed by atoms with Crippen molar-refractivity contribution in [2.24, 2.45) is 0 Å². The minimum atomic E-state index is -0.0432. The normalized spacial score (nSPS) is 23.4. The number of ether oxygens (including phenoxy) is 2. The molecule has 1 aliphatic heterocycles. The molecule has 1 N–H and O–H groups in total. The topological polar surface area (TPSA) is 47.6 Å². The summed E-state index contributed by atoms with van der Waals surface area (Å²) in [5.41, 5.74) is 0.969. The molecule has 0 aliphatic carbocycles. The second-order valence-electron chi connectivity index (χ2n) is 3.77. The molecule has 2 unspecified atom stereocenters. The quantitative estimate of drug-likeness (QED) is 0.894. The largest absolute Gasteiger partial charge is 0.497 e. The van der Waals surface area contributed by atoms with Gasteiger partial charge < -0.3 is 14.8 Å². The van der Waals surface area contributed by atoms with Gasteiger partial charge in [0.15, 0.2) is 0 Å². The number of carbonyl (C=O) groups excluding carboxylic acids is 1. The molecule has 17 heavy (non-hydrogen) atoms. The van der Waals surface area contributed by atoms with Crippen molar-refractivity contribution in [1.29, 1.82) is 0 Å². The summed E-state index contributed by atoms with van der Waals surface area (Å²) in [4.78, 5) is 11.5. The molecule has 2 rings (SSSR count). The van der Waals surface area contributed by atoms with Crippen LogP contribution in [-0.2, 0) is 4.79 Å². The van der Waals surface area contributed by atoms with Crippen molar-refractivity contribution in [2.75, 3.05) is 14.2 Å². The lowest BCUT2D eigenvalue weighted by Crippen LogP contribution is -2.22. The summed E-state index contributed by atoms with van der Waals surface area (Å²) >= 11 is 1.59. The number of thioether (sulfide) groups is 1. The van der Waals surface area contributed by atoms with Crippen molar-refractivity contribution in [1.82, 2.24) is 5.32 Å². The van der Waals surface area contributed by atoms with Crippen LogP contribution in [0.25, 0.3) is 0 Å². The fraction of sp³-hybridized carbons (Fsp3) is 0.417. The molecule has 1 fully saturated rings. The number of benzene rings is 1. The van der Waals surface area contributed by atoms with Crippen LogP contribution in [0, 0.1) is 0 Å². The van der Waals surface area contributed by atoms with Gasteiger partial charge in [-0.25, -0.2) is 0 Å². The highest BCUT2D eigenvalue weighted by molar-refractivity contribution is 8.01. The fourth-order valence-corrected chi connectivity index (χ4v) is 2.86. The van der Waals surface area contributed by atoms with Crippen LogP contribution in [-0.4, -0.2) is 25.4 Å². The Morgan fingerprint density at radius 1 is 1.29 bits per heavy atom. The van der Waals surface area contributed by atoms with Crippen LogP contribution in [0.1, 0.15) is 17.9 Å². The van der Waals surface area contributed by atoms with E-state index in [0.29, 0.717) is 0 Å². The van der Waals surface area contributed by atoms with Gasteiger partial charge in [-0.1, -0.05) is 0 Å². The molecule has 4 nitrogen and oxygen atoms in total. The molecule has 1 amide bonds. The first-order valence-corrected chi connectivity index (χ1v) is 6.27. The highest BCUT2D eigenvalue weighted by Gasteiger charge is 2.31. The van der Waals surface area contributed by atoms with E-state index in [1.807, 2.05) is 25.1 Å². The van der Waals surface area contributed by atoms with Gasteiger partial charge in [-0.15, -0.1) is 11.8 Å². The SMILES string of the molecule is COc1ccc(C2NC(=O)C(C)S2)c(OC)c1. The molecular formula is C12H15NO3S. The summed E-state index contributed by atoms with van der Waals surface area (Å²) in [6.45, 7) is 1.90. The minimum Gasteiger partial charge on any atom is -0.497 e. The molecule has 0 spiro atoms. The molecule has 92 valence electrons. The first-order valence-electron chi connectivity index (χ1n) is 5.33. The van der Waals surface area contributed by atoms with Crippen LogP contribution in [0.15, 0.2) is 18.2 Å². The molecule has 0 aromatic heterocycles. The van der Waals surface area contributed by atoms with Crippen molar-refractivity contribution < 1.29 is 14.3 Å². The zero-order valence-electron chi connectivity index (χ0n) is 10.0. The Morgan fingerprint density at radius 3 is 2.59 bits per heavy atom. The van der Waals surface area contributed by atoms with E-state index in [9.17, 15) is 4.79 Å². The van der Waals surface area contributed by atoms with E-state index in [2.05, 4.69) is 5.32 Å². The van der Waals surface area contributed by atoms with Crippen LogP contribution >= 0.6 is 11.8 Å². The highest BCUT2D eigenvalue weighted by Crippen LogP contribution is 2.40. The van der Waals surface area contributed by atoms with Gasteiger partial charge in [-0.2, -0.15) is 0 Å². The van der Waals surface area contributed by atoms with Crippen molar-refractivity contribution in [2.45, 2.75) is 17.5 Å². The van der Waals surface area contributed by atoms with Gasteiger partial charge >= 0.3 is 0 Å². The lowest BCUT2D eigenvalue weighted by Gasteiger charge is -2.15. The van der Waals surface area contributed by atoms with Gasteiger partial charge in [-0.05, 0) is 19.1 Å². The molecule has 0 radical (unpaired) electrons.